The lowest BCUT2D eigenvalue weighted by atomic mass is 10.2. The highest BCUT2D eigenvalue weighted by molar-refractivity contribution is 6.30. The number of hydrogen-bond acceptors (Lipinski definition) is 3. The van der Waals surface area contributed by atoms with Gasteiger partial charge in [-0.3, -0.25) is 4.79 Å². The molecule has 26 heavy (non-hydrogen) atoms. The monoisotopic (exact) mass is 372 g/mol. The summed E-state index contributed by atoms with van der Waals surface area (Å²) in [7, 11) is 0. The maximum Gasteiger partial charge on any atom is 0.271 e. The van der Waals surface area contributed by atoms with Crippen LogP contribution in [0.1, 0.15) is 54.9 Å². The molecule has 2 aromatic carbocycles. The minimum atomic E-state index is -0.299. The van der Waals surface area contributed by atoms with Crippen LogP contribution in [0.4, 0.5) is 0 Å². The molecule has 1 N–H and O–H groups in total. The summed E-state index contributed by atoms with van der Waals surface area (Å²) >= 11 is 5.87. The summed E-state index contributed by atoms with van der Waals surface area (Å²) in [6.07, 6.45) is 7.71. The van der Waals surface area contributed by atoms with Gasteiger partial charge in [0, 0.05) is 10.6 Å². The Bertz CT molecular complexity index is 714. The van der Waals surface area contributed by atoms with Crippen LogP contribution in [0.5, 0.6) is 5.75 Å². The smallest absolute Gasteiger partial charge is 0.271 e. The fourth-order valence-corrected chi connectivity index (χ4v) is 2.60. The van der Waals surface area contributed by atoms with Crippen molar-refractivity contribution in [3.8, 4) is 5.75 Å². The molecule has 0 saturated carbocycles. The summed E-state index contributed by atoms with van der Waals surface area (Å²) in [5.41, 5.74) is 3.84. The van der Waals surface area contributed by atoms with Crippen LogP contribution < -0.4 is 10.2 Å². The zero-order chi connectivity index (χ0) is 18.6. The average Bonchev–Trinajstić information content (AvgIpc) is 2.65. The zero-order valence-electron chi connectivity index (χ0n) is 15.1. The number of unbranched alkanes of at least 4 members (excludes halogenated alkanes) is 4. The highest BCUT2D eigenvalue weighted by atomic mass is 35.5. The van der Waals surface area contributed by atoms with Crippen LogP contribution in [0.2, 0.25) is 5.02 Å². The lowest BCUT2D eigenvalue weighted by Gasteiger charge is -2.06. The Morgan fingerprint density at radius 2 is 1.88 bits per heavy atom. The molecule has 0 unspecified atom stereocenters. The van der Waals surface area contributed by atoms with Crippen molar-refractivity contribution in [2.45, 2.75) is 39.0 Å². The van der Waals surface area contributed by atoms with Gasteiger partial charge in [-0.25, -0.2) is 5.43 Å². The van der Waals surface area contributed by atoms with Crippen molar-refractivity contribution in [1.82, 2.24) is 5.43 Å². The van der Waals surface area contributed by atoms with Crippen molar-refractivity contribution in [2.75, 3.05) is 6.61 Å². The van der Waals surface area contributed by atoms with Crippen LogP contribution in [0.3, 0.4) is 0 Å². The minimum absolute atomic E-state index is 0.299. The average molecular weight is 373 g/mol. The van der Waals surface area contributed by atoms with Crippen molar-refractivity contribution >= 4 is 23.7 Å². The first-order valence-corrected chi connectivity index (χ1v) is 9.38. The number of carbonyl (C=O) groups is 1. The Labute approximate surface area is 160 Å². The molecular weight excluding hydrogens is 348 g/mol. The molecule has 0 aliphatic heterocycles. The second kappa shape index (κ2) is 11.3. The quantitative estimate of drug-likeness (QED) is 0.342. The fraction of sp³-hybridized carbons (Fsp3) is 0.333. The van der Waals surface area contributed by atoms with Gasteiger partial charge in [0.1, 0.15) is 5.75 Å². The van der Waals surface area contributed by atoms with E-state index in [9.17, 15) is 4.79 Å². The molecule has 5 heteroatoms. The maximum atomic E-state index is 12.0. The first kappa shape index (κ1) is 20.0. The number of amides is 1. The van der Waals surface area contributed by atoms with E-state index in [1.165, 1.54) is 25.7 Å². The third-order valence-corrected chi connectivity index (χ3v) is 4.10. The summed E-state index contributed by atoms with van der Waals surface area (Å²) < 4.78 is 5.73. The molecule has 138 valence electrons. The third kappa shape index (κ3) is 7.28. The Balaban J connectivity index is 1.74. The normalized spacial score (nSPS) is 10.8. The topological polar surface area (TPSA) is 50.7 Å². The summed E-state index contributed by atoms with van der Waals surface area (Å²) in [6, 6.07) is 14.4. The highest BCUT2D eigenvalue weighted by Crippen LogP contribution is 2.13. The van der Waals surface area contributed by atoms with E-state index in [4.69, 9.17) is 16.3 Å². The van der Waals surface area contributed by atoms with Crippen molar-refractivity contribution in [3.63, 3.8) is 0 Å². The first-order valence-electron chi connectivity index (χ1n) is 9.01. The van der Waals surface area contributed by atoms with Gasteiger partial charge in [0.2, 0.25) is 0 Å². The largest absolute Gasteiger partial charge is 0.494 e. The minimum Gasteiger partial charge on any atom is -0.494 e. The van der Waals surface area contributed by atoms with Crippen LogP contribution in [-0.4, -0.2) is 18.7 Å². The van der Waals surface area contributed by atoms with E-state index in [2.05, 4.69) is 17.5 Å². The predicted molar refractivity (Wildman–Crippen MR) is 107 cm³/mol. The van der Waals surface area contributed by atoms with Crippen LogP contribution in [0.25, 0.3) is 0 Å². The summed E-state index contributed by atoms with van der Waals surface area (Å²) in [6.45, 7) is 2.96. The standard InChI is InChI=1S/C21H25ClN2O2/c1-2-3-4-5-6-14-26-20-12-10-17(11-13-20)16-23-24-21(25)18-8-7-9-19(22)15-18/h7-13,15-16H,2-6,14H2,1H3,(H,24,25). The highest BCUT2D eigenvalue weighted by Gasteiger charge is 2.03. The van der Waals surface area contributed by atoms with Gasteiger partial charge >= 0.3 is 0 Å². The molecule has 0 saturated heterocycles. The van der Waals surface area contributed by atoms with E-state index in [-0.39, 0.29) is 5.91 Å². The van der Waals surface area contributed by atoms with E-state index in [1.807, 2.05) is 24.3 Å². The van der Waals surface area contributed by atoms with Gasteiger partial charge in [0.15, 0.2) is 0 Å². The Morgan fingerprint density at radius 3 is 2.62 bits per heavy atom. The van der Waals surface area contributed by atoms with E-state index < -0.39 is 0 Å². The van der Waals surface area contributed by atoms with E-state index in [1.54, 1.807) is 30.5 Å². The molecule has 2 rings (SSSR count). The second-order valence-corrected chi connectivity index (χ2v) is 6.48. The Hall–Kier alpha value is -2.33. The fourth-order valence-electron chi connectivity index (χ4n) is 2.41. The van der Waals surface area contributed by atoms with Crippen LogP contribution >= 0.6 is 11.6 Å². The summed E-state index contributed by atoms with van der Waals surface area (Å²) in [5.74, 6) is 0.549. The number of benzene rings is 2. The van der Waals surface area contributed by atoms with Crippen LogP contribution in [-0.2, 0) is 0 Å². The second-order valence-electron chi connectivity index (χ2n) is 6.04. The number of hydrogen-bond donors (Lipinski definition) is 1. The van der Waals surface area contributed by atoms with Gasteiger partial charge in [0.05, 0.1) is 12.8 Å². The lowest BCUT2D eigenvalue weighted by molar-refractivity contribution is 0.0955. The number of hydrazone groups is 1. The first-order chi connectivity index (χ1) is 12.7. The number of nitrogens with zero attached hydrogens (tertiary/aromatic N) is 1. The molecule has 0 heterocycles. The van der Waals surface area contributed by atoms with Crippen molar-refractivity contribution in [1.29, 1.82) is 0 Å². The molecule has 2 aromatic rings. The van der Waals surface area contributed by atoms with Gasteiger partial charge in [-0.2, -0.15) is 5.10 Å². The van der Waals surface area contributed by atoms with Gasteiger partial charge in [-0.1, -0.05) is 50.3 Å². The summed E-state index contributed by atoms with van der Waals surface area (Å²) in [5, 5.41) is 4.49. The molecule has 0 fully saturated rings. The van der Waals surface area contributed by atoms with Gasteiger partial charge in [-0.05, 0) is 54.4 Å². The number of ether oxygens (including phenoxy) is 1. The van der Waals surface area contributed by atoms with E-state index in [0.29, 0.717) is 10.6 Å². The zero-order valence-corrected chi connectivity index (χ0v) is 15.8. The predicted octanol–water partition coefficient (Wildman–Crippen LogP) is 5.45. The molecule has 4 nitrogen and oxygen atoms in total. The van der Waals surface area contributed by atoms with Gasteiger partial charge in [-0.15, -0.1) is 0 Å². The van der Waals surface area contributed by atoms with Crippen molar-refractivity contribution in [2.24, 2.45) is 5.10 Å². The molecule has 0 aliphatic rings. The molecule has 1 amide bonds. The molecule has 0 bridgehead atoms. The molecule has 0 spiro atoms. The number of carbonyl (C=O) groups excluding carboxylic acids is 1. The number of rotatable bonds is 10. The number of nitrogens with one attached hydrogen (secondary N) is 1. The lowest BCUT2D eigenvalue weighted by Crippen LogP contribution is -2.17. The number of halogens is 1. The van der Waals surface area contributed by atoms with Crippen LogP contribution in [0.15, 0.2) is 53.6 Å². The van der Waals surface area contributed by atoms with Crippen molar-refractivity contribution in [3.05, 3.63) is 64.7 Å². The molecule has 0 atom stereocenters. The van der Waals surface area contributed by atoms with Gasteiger partial charge < -0.3 is 4.74 Å². The molecule has 0 aromatic heterocycles. The van der Waals surface area contributed by atoms with E-state index in [0.717, 1.165) is 24.3 Å². The molecular formula is C21H25ClN2O2. The Kier molecular flexibility index (Phi) is 8.70. The van der Waals surface area contributed by atoms with Gasteiger partial charge in [0.25, 0.3) is 5.91 Å². The molecule has 0 aliphatic carbocycles. The van der Waals surface area contributed by atoms with Crippen molar-refractivity contribution < 1.29 is 9.53 Å². The SMILES string of the molecule is CCCCCCCOc1ccc(C=NNC(=O)c2cccc(Cl)c2)cc1. The Morgan fingerprint density at radius 1 is 1.12 bits per heavy atom. The molecule has 0 radical (unpaired) electrons. The van der Waals surface area contributed by atoms with E-state index >= 15 is 0 Å². The summed E-state index contributed by atoms with van der Waals surface area (Å²) in [4.78, 5) is 12.0. The third-order valence-electron chi connectivity index (χ3n) is 3.86. The van der Waals surface area contributed by atoms with Crippen LogP contribution in [0, 0.1) is 0 Å². The maximum absolute atomic E-state index is 12.0.